The first kappa shape index (κ1) is 24.0. The number of rotatable bonds is 7. The molecule has 2 aliphatic rings. The van der Waals surface area contributed by atoms with Gasteiger partial charge in [-0.15, -0.1) is 11.8 Å². The second kappa shape index (κ2) is 10.4. The Morgan fingerprint density at radius 3 is 2.67 bits per heavy atom. The second-order valence-electron chi connectivity index (χ2n) is 8.37. The molecule has 0 bridgehead atoms. The minimum Gasteiger partial charge on any atom is -0.367 e. The van der Waals surface area contributed by atoms with E-state index in [0.717, 1.165) is 37.6 Å². The molecule has 4 rings (SSSR count). The third-order valence-electron chi connectivity index (χ3n) is 5.85. The van der Waals surface area contributed by atoms with Crippen LogP contribution in [0.25, 0.3) is 0 Å². The molecule has 10 heteroatoms. The van der Waals surface area contributed by atoms with E-state index in [1.165, 1.54) is 12.1 Å². The molecule has 0 spiro atoms. The molecule has 0 aliphatic carbocycles. The maximum Gasteiger partial charge on any atom is 0.240 e. The molecule has 7 nitrogen and oxygen atoms in total. The van der Waals surface area contributed by atoms with Gasteiger partial charge in [-0.3, -0.25) is 9.69 Å². The minimum atomic E-state index is -3.67. The van der Waals surface area contributed by atoms with Gasteiger partial charge >= 0.3 is 0 Å². The molecule has 1 fully saturated rings. The van der Waals surface area contributed by atoms with Crippen molar-refractivity contribution in [3.05, 3.63) is 48.3 Å². The standard InChI is InChI=1S/C23H29FN4O3S2/c1-17-15-23(29)26-20-16-18(7-8-22(20)32-17)33(30,31)25-9-4-10-27-11-13-28(14-12-27)21-6-3-2-5-19(21)24/h2-3,5-8,16-17,25H,4,9-15H2,1H3,(H,26,29). The van der Waals surface area contributed by atoms with E-state index in [0.29, 0.717) is 30.8 Å². The molecule has 33 heavy (non-hydrogen) atoms. The van der Waals surface area contributed by atoms with Crippen LogP contribution in [-0.2, 0) is 14.8 Å². The zero-order valence-electron chi connectivity index (χ0n) is 18.6. The third-order valence-corrected chi connectivity index (χ3v) is 8.48. The zero-order chi connectivity index (χ0) is 23.4. The summed E-state index contributed by atoms with van der Waals surface area (Å²) in [7, 11) is -3.67. The lowest BCUT2D eigenvalue weighted by Gasteiger charge is -2.36. The Morgan fingerprint density at radius 1 is 1.15 bits per heavy atom. The predicted octanol–water partition coefficient (Wildman–Crippen LogP) is 3.14. The van der Waals surface area contributed by atoms with Gasteiger partial charge in [0, 0.05) is 49.3 Å². The number of carbonyl (C=O) groups is 1. The molecule has 0 radical (unpaired) electrons. The lowest BCUT2D eigenvalue weighted by atomic mass is 10.2. The number of amides is 1. The molecule has 2 aromatic rings. The fourth-order valence-corrected chi connectivity index (χ4v) is 6.26. The van der Waals surface area contributed by atoms with Crippen molar-refractivity contribution in [1.82, 2.24) is 9.62 Å². The number of nitrogens with one attached hydrogen (secondary N) is 2. The van der Waals surface area contributed by atoms with Crippen LogP contribution in [0.4, 0.5) is 15.8 Å². The van der Waals surface area contributed by atoms with Crippen LogP contribution in [0.2, 0.25) is 0 Å². The van der Waals surface area contributed by atoms with Gasteiger partial charge in [-0.2, -0.15) is 0 Å². The van der Waals surface area contributed by atoms with Gasteiger partial charge in [0.05, 0.1) is 16.3 Å². The first-order valence-corrected chi connectivity index (χ1v) is 13.5. The average molecular weight is 493 g/mol. The summed E-state index contributed by atoms with van der Waals surface area (Å²) < 4.78 is 42.1. The van der Waals surface area contributed by atoms with E-state index < -0.39 is 10.0 Å². The number of anilines is 2. The summed E-state index contributed by atoms with van der Waals surface area (Å²) >= 11 is 1.56. The number of carbonyl (C=O) groups excluding carboxylic acids is 1. The molecule has 0 aromatic heterocycles. The molecule has 2 aromatic carbocycles. The highest BCUT2D eigenvalue weighted by atomic mass is 32.2. The lowest BCUT2D eigenvalue weighted by Crippen LogP contribution is -2.47. The van der Waals surface area contributed by atoms with Crippen LogP contribution < -0.4 is 14.9 Å². The third kappa shape index (κ3) is 6.06. The Bertz CT molecular complexity index is 1100. The average Bonchev–Trinajstić information content (AvgIpc) is 2.93. The first-order chi connectivity index (χ1) is 15.8. The number of benzene rings is 2. The summed E-state index contributed by atoms with van der Waals surface area (Å²) in [6, 6.07) is 11.7. The monoisotopic (exact) mass is 492 g/mol. The molecular formula is C23H29FN4O3S2. The number of fused-ring (bicyclic) bond motifs is 1. The van der Waals surface area contributed by atoms with Crippen molar-refractivity contribution in [2.24, 2.45) is 0 Å². The number of piperazine rings is 1. The van der Waals surface area contributed by atoms with Gasteiger partial charge < -0.3 is 10.2 Å². The number of thioether (sulfide) groups is 1. The van der Waals surface area contributed by atoms with Crippen molar-refractivity contribution < 1.29 is 17.6 Å². The smallest absolute Gasteiger partial charge is 0.240 e. The van der Waals surface area contributed by atoms with Crippen molar-refractivity contribution in [3.8, 4) is 0 Å². The van der Waals surface area contributed by atoms with E-state index in [4.69, 9.17) is 0 Å². The normalized spacial score (nSPS) is 19.6. The summed E-state index contributed by atoms with van der Waals surface area (Å²) in [5.41, 5.74) is 1.18. The first-order valence-electron chi connectivity index (χ1n) is 11.1. The van der Waals surface area contributed by atoms with E-state index in [1.807, 2.05) is 17.9 Å². The Labute approximate surface area is 198 Å². The molecule has 2 heterocycles. The molecule has 1 atom stereocenters. The molecule has 1 unspecified atom stereocenters. The van der Waals surface area contributed by atoms with Crippen molar-refractivity contribution in [2.45, 2.75) is 34.8 Å². The Kier molecular flexibility index (Phi) is 7.58. The maximum atomic E-state index is 14.0. The molecule has 2 N–H and O–H groups in total. The zero-order valence-corrected chi connectivity index (χ0v) is 20.2. The van der Waals surface area contributed by atoms with E-state index in [1.54, 1.807) is 36.0 Å². The fraction of sp³-hybridized carbons (Fsp3) is 0.435. The Balaban J connectivity index is 1.25. The van der Waals surface area contributed by atoms with E-state index in [2.05, 4.69) is 14.9 Å². The number of sulfonamides is 1. The van der Waals surface area contributed by atoms with Crippen LogP contribution in [0.1, 0.15) is 19.8 Å². The Morgan fingerprint density at radius 2 is 1.91 bits per heavy atom. The quantitative estimate of drug-likeness (QED) is 0.578. The topological polar surface area (TPSA) is 81.7 Å². The fourth-order valence-electron chi connectivity index (χ4n) is 4.11. The highest BCUT2D eigenvalue weighted by Gasteiger charge is 2.23. The molecule has 2 aliphatic heterocycles. The van der Waals surface area contributed by atoms with Crippen molar-refractivity contribution in [2.75, 3.05) is 49.5 Å². The lowest BCUT2D eigenvalue weighted by molar-refractivity contribution is -0.116. The van der Waals surface area contributed by atoms with Gasteiger partial charge in [0.2, 0.25) is 15.9 Å². The predicted molar refractivity (Wildman–Crippen MR) is 130 cm³/mol. The number of hydrogen-bond acceptors (Lipinski definition) is 6. The van der Waals surface area contributed by atoms with Crippen molar-refractivity contribution in [1.29, 1.82) is 0 Å². The molecule has 178 valence electrons. The summed E-state index contributed by atoms with van der Waals surface area (Å²) in [5, 5.41) is 2.95. The Hall–Kier alpha value is -2.14. The summed E-state index contributed by atoms with van der Waals surface area (Å²) in [5.74, 6) is -0.308. The highest BCUT2D eigenvalue weighted by molar-refractivity contribution is 8.00. The van der Waals surface area contributed by atoms with Crippen molar-refractivity contribution in [3.63, 3.8) is 0 Å². The number of nitrogens with zero attached hydrogens (tertiary/aromatic N) is 2. The van der Waals surface area contributed by atoms with Crippen LogP contribution in [0.3, 0.4) is 0 Å². The maximum absolute atomic E-state index is 14.0. The summed E-state index contributed by atoms with van der Waals surface area (Å²) in [6.07, 6.45) is 1.07. The van der Waals surface area contributed by atoms with Crippen LogP contribution >= 0.6 is 11.8 Å². The molecular weight excluding hydrogens is 463 g/mol. The number of para-hydroxylation sites is 1. The minimum absolute atomic E-state index is 0.105. The van der Waals surface area contributed by atoms with Gasteiger partial charge in [0.15, 0.2) is 0 Å². The second-order valence-corrected chi connectivity index (χ2v) is 11.6. The van der Waals surface area contributed by atoms with Crippen LogP contribution in [0.15, 0.2) is 52.3 Å². The summed E-state index contributed by atoms with van der Waals surface area (Å²) in [4.78, 5) is 17.3. The molecule has 0 saturated carbocycles. The van der Waals surface area contributed by atoms with Gasteiger partial charge in [-0.25, -0.2) is 17.5 Å². The van der Waals surface area contributed by atoms with Crippen molar-refractivity contribution >= 4 is 39.1 Å². The van der Waals surface area contributed by atoms with Gasteiger partial charge in [0.1, 0.15) is 5.82 Å². The van der Waals surface area contributed by atoms with E-state index >= 15 is 0 Å². The van der Waals surface area contributed by atoms with Crippen LogP contribution in [0.5, 0.6) is 0 Å². The molecule has 1 saturated heterocycles. The van der Waals surface area contributed by atoms with E-state index in [9.17, 15) is 17.6 Å². The highest BCUT2D eigenvalue weighted by Crippen LogP contribution is 2.36. The number of halogens is 1. The SMILES string of the molecule is CC1CC(=O)Nc2cc(S(=O)(=O)NCCCN3CCN(c4ccccc4F)CC3)ccc2S1. The number of hydrogen-bond donors (Lipinski definition) is 2. The molecule has 1 amide bonds. The van der Waals surface area contributed by atoms with Crippen LogP contribution in [-0.4, -0.2) is 63.7 Å². The summed E-state index contributed by atoms with van der Waals surface area (Å²) in [6.45, 7) is 6.16. The van der Waals surface area contributed by atoms with Gasteiger partial charge in [0.25, 0.3) is 0 Å². The largest absolute Gasteiger partial charge is 0.367 e. The van der Waals surface area contributed by atoms with Crippen LogP contribution in [0, 0.1) is 5.82 Å². The van der Waals surface area contributed by atoms with Gasteiger partial charge in [-0.1, -0.05) is 19.1 Å². The van der Waals surface area contributed by atoms with E-state index in [-0.39, 0.29) is 21.9 Å². The van der Waals surface area contributed by atoms with Gasteiger partial charge in [-0.05, 0) is 43.3 Å².